The van der Waals surface area contributed by atoms with Gasteiger partial charge in [-0.1, -0.05) is 11.6 Å². The number of ether oxygens (including phenoxy) is 1. The number of carbonyl (C=O) groups is 2. The zero-order valence-electron chi connectivity index (χ0n) is 14.4. The summed E-state index contributed by atoms with van der Waals surface area (Å²) >= 11 is 8.87. The van der Waals surface area contributed by atoms with Gasteiger partial charge in [0.15, 0.2) is 0 Å². The van der Waals surface area contributed by atoms with E-state index in [1.807, 2.05) is 0 Å². The molecule has 0 saturated carbocycles. The van der Waals surface area contributed by atoms with Gasteiger partial charge in [-0.2, -0.15) is 0 Å². The highest BCUT2D eigenvalue weighted by molar-refractivity contribution is 9.10. The van der Waals surface area contributed by atoms with E-state index < -0.39 is 23.4 Å². The molecule has 0 spiro atoms. The van der Waals surface area contributed by atoms with E-state index >= 15 is 0 Å². The largest absolute Gasteiger partial charge is 0.444 e. The lowest BCUT2D eigenvalue weighted by Gasteiger charge is -2.34. The van der Waals surface area contributed by atoms with Crippen molar-refractivity contribution >= 4 is 39.5 Å². The van der Waals surface area contributed by atoms with Gasteiger partial charge in [0.05, 0.1) is 5.02 Å². The Labute approximate surface area is 160 Å². The van der Waals surface area contributed by atoms with Gasteiger partial charge in [-0.3, -0.25) is 4.79 Å². The van der Waals surface area contributed by atoms with Crippen molar-refractivity contribution in [3.8, 4) is 0 Å². The summed E-state index contributed by atoms with van der Waals surface area (Å²) in [5, 5.41) is 2.77. The molecule has 1 heterocycles. The molecule has 5 nitrogen and oxygen atoms in total. The molecule has 0 aliphatic carbocycles. The fourth-order valence-corrected chi connectivity index (χ4v) is 3.09. The first-order chi connectivity index (χ1) is 11.6. The van der Waals surface area contributed by atoms with E-state index in [-0.39, 0.29) is 16.6 Å². The minimum atomic E-state index is -0.666. The summed E-state index contributed by atoms with van der Waals surface area (Å²) in [6.45, 7) is 6.36. The molecule has 2 amide bonds. The van der Waals surface area contributed by atoms with Gasteiger partial charge in [-0.05, 0) is 61.7 Å². The van der Waals surface area contributed by atoms with Crippen LogP contribution in [0.15, 0.2) is 16.6 Å². The Morgan fingerprint density at radius 2 is 2.08 bits per heavy atom. The molecule has 1 fully saturated rings. The normalized spacial score (nSPS) is 18.0. The first kappa shape index (κ1) is 20.0. The van der Waals surface area contributed by atoms with Gasteiger partial charge in [0.2, 0.25) is 0 Å². The Kier molecular flexibility index (Phi) is 6.32. The zero-order chi connectivity index (χ0) is 18.8. The minimum absolute atomic E-state index is 0.0645. The Hall–Kier alpha value is -1.34. The van der Waals surface area contributed by atoms with E-state index in [1.54, 1.807) is 25.7 Å². The number of rotatable bonds is 2. The van der Waals surface area contributed by atoms with Crippen molar-refractivity contribution in [2.75, 3.05) is 13.1 Å². The third-order valence-corrected chi connectivity index (χ3v) is 4.89. The topological polar surface area (TPSA) is 58.6 Å². The number of nitrogens with one attached hydrogen (secondary N) is 1. The maximum atomic E-state index is 13.7. The Bertz CT molecular complexity index is 655. The average Bonchev–Trinajstić information content (AvgIpc) is 2.50. The fraction of sp³-hybridized carbons (Fsp3) is 0.529. The molecule has 1 N–H and O–H groups in total. The average molecular weight is 436 g/mol. The molecule has 1 atom stereocenters. The molecule has 25 heavy (non-hydrogen) atoms. The summed E-state index contributed by atoms with van der Waals surface area (Å²) < 4.78 is 19.4. The van der Waals surface area contributed by atoms with E-state index in [2.05, 4.69) is 21.2 Å². The molecule has 1 aromatic carbocycles. The lowest BCUT2D eigenvalue weighted by atomic mass is 10.1. The highest BCUT2D eigenvalue weighted by Crippen LogP contribution is 2.27. The van der Waals surface area contributed by atoms with Gasteiger partial charge in [0.25, 0.3) is 5.91 Å². The Balaban J connectivity index is 2.00. The van der Waals surface area contributed by atoms with E-state index in [4.69, 9.17) is 16.3 Å². The molecular formula is C17H21BrClFN2O3. The molecule has 2 rings (SSSR count). The number of carbonyl (C=O) groups excluding carboxylic acids is 2. The number of amides is 2. The smallest absolute Gasteiger partial charge is 0.410 e. The summed E-state index contributed by atoms with van der Waals surface area (Å²) in [5.74, 6) is -1.08. The molecule has 0 radical (unpaired) electrons. The second kappa shape index (κ2) is 7.91. The number of likely N-dealkylation sites (tertiary alicyclic amines) is 1. The van der Waals surface area contributed by atoms with Gasteiger partial charge in [-0.25, -0.2) is 9.18 Å². The van der Waals surface area contributed by atoms with Gasteiger partial charge >= 0.3 is 6.09 Å². The monoisotopic (exact) mass is 434 g/mol. The van der Waals surface area contributed by atoms with E-state index in [0.29, 0.717) is 17.6 Å². The summed E-state index contributed by atoms with van der Waals surface area (Å²) in [6.07, 6.45) is 1.09. The number of piperidine rings is 1. The molecule has 1 saturated heterocycles. The van der Waals surface area contributed by atoms with Crippen molar-refractivity contribution in [3.05, 3.63) is 33.0 Å². The van der Waals surface area contributed by atoms with Crippen LogP contribution in [0.1, 0.15) is 44.0 Å². The number of hydrogen-bond donors (Lipinski definition) is 1. The van der Waals surface area contributed by atoms with Crippen LogP contribution in [0.3, 0.4) is 0 Å². The molecular weight excluding hydrogens is 415 g/mol. The first-order valence-corrected chi connectivity index (χ1v) is 9.17. The second-order valence-electron chi connectivity index (χ2n) is 6.99. The third-order valence-electron chi connectivity index (χ3n) is 3.65. The highest BCUT2D eigenvalue weighted by Gasteiger charge is 2.28. The number of halogens is 3. The molecule has 1 aliphatic rings. The molecule has 138 valence electrons. The lowest BCUT2D eigenvalue weighted by Crippen LogP contribution is -2.50. The number of nitrogens with zero attached hydrogens (tertiary/aromatic N) is 1. The molecule has 0 bridgehead atoms. The van der Waals surface area contributed by atoms with Crippen molar-refractivity contribution in [1.82, 2.24) is 10.2 Å². The fourth-order valence-electron chi connectivity index (χ4n) is 2.54. The summed E-state index contributed by atoms with van der Waals surface area (Å²) in [5.41, 5.74) is -0.399. The maximum Gasteiger partial charge on any atom is 0.410 e. The molecule has 8 heteroatoms. The van der Waals surface area contributed by atoms with Crippen LogP contribution in [0.4, 0.5) is 9.18 Å². The first-order valence-electron chi connectivity index (χ1n) is 8.00. The highest BCUT2D eigenvalue weighted by atomic mass is 79.9. The standard InChI is InChI=1S/C17H21BrClFN2O3/c1-17(2,3)25-16(24)22-6-4-5-11(9-22)21-15(23)10-7-12(18)14(19)13(20)8-10/h7-8,11H,4-6,9H2,1-3H3,(H,21,23). The van der Waals surface area contributed by atoms with Crippen molar-refractivity contribution in [2.24, 2.45) is 0 Å². The molecule has 1 aliphatic heterocycles. The Morgan fingerprint density at radius 1 is 1.40 bits per heavy atom. The summed E-state index contributed by atoms with van der Waals surface area (Å²) in [6, 6.07) is 2.35. The SMILES string of the molecule is CC(C)(C)OC(=O)N1CCCC(NC(=O)c2cc(F)c(Cl)c(Br)c2)C1. The molecule has 1 aromatic rings. The van der Waals surface area contributed by atoms with E-state index in [1.165, 1.54) is 6.07 Å². The molecule has 1 unspecified atom stereocenters. The number of hydrogen-bond acceptors (Lipinski definition) is 3. The van der Waals surface area contributed by atoms with E-state index in [0.717, 1.165) is 18.9 Å². The minimum Gasteiger partial charge on any atom is -0.444 e. The van der Waals surface area contributed by atoms with Gasteiger partial charge < -0.3 is 15.0 Å². The van der Waals surface area contributed by atoms with Crippen molar-refractivity contribution in [3.63, 3.8) is 0 Å². The predicted molar refractivity (Wildman–Crippen MR) is 97.4 cm³/mol. The number of benzene rings is 1. The van der Waals surface area contributed by atoms with Crippen LogP contribution in [0.25, 0.3) is 0 Å². The van der Waals surface area contributed by atoms with Crippen LogP contribution < -0.4 is 5.32 Å². The quantitative estimate of drug-likeness (QED) is 0.702. The summed E-state index contributed by atoms with van der Waals surface area (Å²) in [4.78, 5) is 26.1. The Morgan fingerprint density at radius 3 is 2.68 bits per heavy atom. The van der Waals surface area contributed by atoms with Crippen LogP contribution in [-0.4, -0.2) is 41.6 Å². The second-order valence-corrected chi connectivity index (χ2v) is 8.23. The maximum absolute atomic E-state index is 13.7. The lowest BCUT2D eigenvalue weighted by molar-refractivity contribution is 0.0185. The van der Waals surface area contributed by atoms with Crippen LogP contribution in [0.2, 0.25) is 5.02 Å². The molecule has 0 aromatic heterocycles. The van der Waals surface area contributed by atoms with Gasteiger partial charge in [0.1, 0.15) is 11.4 Å². The third kappa shape index (κ3) is 5.57. The van der Waals surface area contributed by atoms with Crippen molar-refractivity contribution < 1.29 is 18.7 Å². The van der Waals surface area contributed by atoms with Gasteiger partial charge in [0, 0.05) is 29.2 Å². The van der Waals surface area contributed by atoms with Crippen molar-refractivity contribution in [1.29, 1.82) is 0 Å². The van der Waals surface area contributed by atoms with Crippen LogP contribution in [-0.2, 0) is 4.74 Å². The van der Waals surface area contributed by atoms with Crippen LogP contribution in [0, 0.1) is 5.82 Å². The van der Waals surface area contributed by atoms with Crippen LogP contribution >= 0.6 is 27.5 Å². The summed E-state index contributed by atoms with van der Waals surface area (Å²) in [7, 11) is 0. The van der Waals surface area contributed by atoms with Gasteiger partial charge in [-0.15, -0.1) is 0 Å². The van der Waals surface area contributed by atoms with E-state index in [9.17, 15) is 14.0 Å². The predicted octanol–water partition coefficient (Wildman–Crippen LogP) is 4.37. The van der Waals surface area contributed by atoms with Crippen molar-refractivity contribution in [2.45, 2.75) is 45.3 Å². The van der Waals surface area contributed by atoms with Crippen LogP contribution in [0.5, 0.6) is 0 Å². The zero-order valence-corrected chi connectivity index (χ0v) is 16.7.